The number of halogens is 3. The molecule has 0 saturated heterocycles. The van der Waals surface area contributed by atoms with Crippen LogP contribution in [0.2, 0.25) is 0 Å². The van der Waals surface area contributed by atoms with Crippen molar-refractivity contribution in [2.75, 3.05) is 5.32 Å². The molecule has 0 radical (unpaired) electrons. The van der Waals surface area contributed by atoms with Gasteiger partial charge in [0.25, 0.3) is 0 Å². The molecule has 0 saturated carbocycles. The van der Waals surface area contributed by atoms with Crippen LogP contribution in [0.1, 0.15) is 55.3 Å². The molecule has 1 unspecified atom stereocenters. The number of nitrogens with two attached hydrogens (primary N) is 1. The normalized spacial score (nSPS) is 16.0. The molecule has 7 nitrogen and oxygen atoms in total. The van der Waals surface area contributed by atoms with Crippen LogP contribution in [0.5, 0.6) is 0 Å². The summed E-state index contributed by atoms with van der Waals surface area (Å²) >= 11 is 0.972. The highest BCUT2D eigenvalue weighted by Crippen LogP contribution is 2.39. The van der Waals surface area contributed by atoms with Gasteiger partial charge in [-0.15, -0.1) is 15.7 Å². The van der Waals surface area contributed by atoms with Crippen molar-refractivity contribution in [2.24, 2.45) is 9.50 Å². The summed E-state index contributed by atoms with van der Waals surface area (Å²) in [5.74, 6) is 0. The van der Waals surface area contributed by atoms with Crippen LogP contribution in [-0.2, 0) is 41.0 Å². The van der Waals surface area contributed by atoms with E-state index < -0.39 is 33.4 Å². The fourth-order valence-electron chi connectivity index (χ4n) is 3.44. The van der Waals surface area contributed by atoms with E-state index in [0.29, 0.717) is 36.1 Å². The Labute approximate surface area is 182 Å². The summed E-state index contributed by atoms with van der Waals surface area (Å²) in [6.45, 7) is 4.61. The van der Waals surface area contributed by atoms with Crippen molar-refractivity contribution in [3.8, 4) is 0 Å². The van der Waals surface area contributed by atoms with Crippen LogP contribution in [0.3, 0.4) is 0 Å². The number of aromatic nitrogens is 1. The van der Waals surface area contributed by atoms with E-state index in [4.69, 9.17) is 5.14 Å². The summed E-state index contributed by atoms with van der Waals surface area (Å²) in [5, 5.41) is 19.8. The smallest absolute Gasteiger partial charge is 0.386 e. The molecule has 1 aliphatic carbocycles. The number of nitrogens with one attached hydrogen (secondary N) is 1. The van der Waals surface area contributed by atoms with Crippen molar-refractivity contribution in [3.05, 3.63) is 39.5 Å². The van der Waals surface area contributed by atoms with Gasteiger partial charge in [0.1, 0.15) is 9.90 Å². The number of pyridine rings is 1. The second kappa shape index (κ2) is 8.15. The molecule has 0 spiro atoms. The lowest BCUT2D eigenvalue weighted by atomic mass is 10.0. The third-order valence-electron chi connectivity index (χ3n) is 4.97. The van der Waals surface area contributed by atoms with Crippen LogP contribution >= 0.6 is 11.3 Å². The van der Waals surface area contributed by atoms with Gasteiger partial charge in [-0.3, -0.25) is 0 Å². The van der Waals surface area contributed by atoms with E-state index in [9.17, 15) is 27.3 Å². The monoisotopic (exact) mass is 476 g/mol. The van der Waals surface area contributed by atoms with Gasteiger partial charge in [-0.1, -0.05) is 6.92 Å². The number of hydrogen-bond acceptors (Lipinski definition) is 5. The van der Waals surface area contributed by atoms with Crippen molar-refractivity contribution >= 4 is 33.0 Å². The number of nitrogens with zero attached hydrogens (tertiary/aromatic N) is 2. The number of thiophene rings is 1. The molecule has 0 aliphatic heterocycles. The SMILES string of the molecule is CCc1c(C(F)(F)F)nc2c(c1NC(=O)N=S(N)(=O)c1cc(C(C)(C)O)cs1)CCC2. The summed E-state index contributed by atoms with van der Waals surface area (Å²) in [5.41, 5.74) is -1.07. The maximum absolute atomic E-state index is 13.5. The van der Waals surface area contributed by atoms with Gasteiger partial charge in [-0.2, -0.15) is 13.2 Å². The van der Waals surface area contributed by atoms with Gasteiger partial charge in [0.15, 0.2) is 9.92 Å². The zero-order valence-corrected chi connectivity index (χ0v) is 18.8. The van der Waals surface area contributed by atoms with Crippen LogP contribution in [-0.4, -0.2) is 20.3 Å². The quantitative estimate of drug-likeness (QED) is 0.607. The molecule has 2 heterocycles. The molecule has 12 heteroatoms. The van der Waals surface area contributed by atoms with E-state index in [-0.39, 0.29) is 21.9 Å². The standard InChI is InChI=1S/C19H23F3N4O3S2/c1-4-11-15(12-6-5-7-13(12)24-16(11)19(20,21)22)25-17(27)26-31(23,29)14-8-10(9-30-14)18(2,3)28/h8-9,28H,4-7H2,1-3H3,(H3,23,24,25,26,27,29). The second-order valence-electron chi connectivity index (χ2n) is 7.75. The number of amides is 2. The number of carbonyl (C=O) groups is 1. The zero-order chi connectivity index (χ0) is 23.2. The Kier molecular flexibility index (Phi) is 6.22. The number of aliphatic hydroxyl groups is 1. The average molecular weight is 477 g/mol. The summed E-state index contributed by atoms with van der Waals surface area (Å²) in [6.07, 6.45) is -3.21. The highest BCUT2D eigenvalue weighted by atomic mass is 32.2. The van der Waals surface area contributed by atoms with E-state index in [1.54, 1.807) is 5.38 Å². The number of urea groups is 1. The average Bonchev–Trinajstić information content (AvgIpc) is 3.29. The van der Waals surface area contributed by atoms with E-state index >= 15 is 0 Å². The van der Waals surface area contributed by atoms with E-state index in [1.165, 1.54) is 26.8 Å². The third kappa shape index (κ3) is 4.92. The summed E-state index contributed by atoms with van der Waals surface area (Å²) < 4.78 is 57.0. The number of fused-ring (bicyclic) bond motifs is 1. The van der Waals surface area contributed by atoms with Crippen molar-refractivity contribution in [1.82, 2.24) is 4.98 Å². The van der Waals surface area contributed by atoms with Crippen LogP contribution < -0.4 is 10.5 Å². The van der Waals surface area contributed by atoms with Crippen molar-refractivity contribution in [1.29, 1.82) is 0 Å². The number of anilines is 1. The highest BCUT2D eigenvalue weighted by Gasteiger charge is 2.38. The Morgan fingerprint density at radius 1 is 1.39 bits per heavy atom. The number of carbonyl (C=O) groups excluding carboxylic acids is 1. The molecule has 1 atom stereocenters. The van der Waals surface area contributed by atoms with Gasteiger partial charge in [-0.05, 0) is 62.1 Å². The lowest BCUT2D eigenvalue weighted by molar-refractivity contribution is -0.141. The molecule has 2 amide bonds. The largest absolute Gasteiger partial charge is 0.433 e. The predicted molar refractivity (Wildman–Crippen MR) is 112 cm³/mol. The number of hydrogen-bond donors (Lipinski definition) is 3. The van der Waals surface area contributed by atoms with Gasteiger partial charge in [0.2, 0.25) is 0 Å². The lowest BCUT2D eigenvalue weighted by Crippen LogP contribution is -2.21. The van der Waals surface area contributed by atoms with Crippen molar-refractivity contribution in [2.45, 2.75) is 62.4 Å². The van der Waals surface area contributed by atoms with Crippen LogP contribution in [0.15, 0.2) is 20.0 Å². The van der Waals surface area contributed by atoms with E-state index in [0.717, 1.165) is 11.3 Å². The molecule has 0 fully saturated rings. The maximum Gasteiger partial charge on any atom is 0.433 e. The first-order chi connectivity index (χ1) is 14.2. The van der Waals surface area contributed by atoms with Crippen molar-refractivity contribution in [3.63, 3.8) is 0 Å². The highest BCUT2D eigenvalue weighted by molar-refractivity contribution is 7.93. The number of aryl methyl sites for hydroxylation is 1. The first kappa shape index (κ1) is 23.6. The minimum Gasteiger partial charge on any atom is -0.386 e. The Bertz CT molecular complexity index is 1140. The van der Waals surface area contributed by atoms with Crippen LogP contribution in [0, 0.1) is 0 Å². The molecule has 1 aliphatic rings. The molecule has 0 aromatic carbocycles. The van der Waals surface area contributed by atoms with Crippen LogP contribution in [0.25, 0.3) is 0 Å². The fourth-order valence-corrected chi connectivity index (χ4v) is 5.72. The molecule has 3 rings (SSSR count). The summed E-state index contributed by atoms with van der Waals surface area (Å²) in [4.78, 5) is 16.4. The first-order valence-corrected chi connectivity index (χ1v) is 12.0. The molecular weight excluding hydrogens is 453 g/mol. The molecular formula is C19H23F3N4O3S2. The zero-order valence-electron chi connectivity index (χ0n) is 17.2. The lowest BCUT2D eigenvalue weighted by Gasteiger charge is -2.19. The number of rotatable bonds is 4. The third-order valence-corrected chi connectivity index (χ3v) is 7.83. The molecule has 170 valence electrons. The Morgan fingerprint density at radius 2 is 2.06 bits per heavy atom. The van der Waals surface area contributed by atoms with Gasteiger partial charge in [-0.25, -0.2) is 19.1 Å². The topological polar surface area (TPSA) is 118 Å². The first-order valence-electron chi connectivity index (χ1n) is 9.53. The van der Waals surface area contributed by atoms with Crippen LogP contribution in [0.4, 0.5) is 23.7 Å². The minimum absolute atomic E-state index is 0.0113. The van der Waals surface area contributed by atoms with Crippen molar-refractivity contribution < 1.29 is 27.3 Å². The van der Waals surface area contributed by atoms with Gasteiger partial charge >= 0.3 is 12.2 Å². The Hall–Kier alpha value is -2.02. The van der Waals surface area contributed by atoms with Gasteiger partial charge in [0, 0.05) is 11.3 Å². The fraction of sp³-hybridized carbons (Fsp3) is 0.474. The molecule has 31 heavy (non-hydrogen) atoms. The maximum atomic E-state index is 13.5. The summed E-state index contributed by atoms with van der Waals surface area (Å²) in [6, 6.07) is 0.293. The van der Waals surface area contributed by atoms with Gasteiger partial charge in [0.05, 0.1) is 11.3 Å². The minimum atomic E-state index is -4.68. The molecule has 2 aromatic rings. The number of alkyl halides is 3. The van der Waals surface area contributed by atoms with E-state index in [2.05, 4.69) is 14.7 Å². The Balaban J connectivity index is 2.01. The summed E-state index contributed by atoms with van der Waals surface area (Å²) in [7, 11) is -3.66. The second-order valence-corrected chi connectivity index (χ2v) is 10.7. The molecule has 0 bridgehead atoms. The van der Waals surface area contributed by atoms with Gasteiger partial charge < -0.3 is 10.4 Å². The van der Waals surface area contributed by atoms with E-state index in [1.807, 2.05) is 0 Å². The Morgan fingerprint density at radius 3 is 2.61 bits per heavy atom. The molecule has 4 N–H and O–H groups in total. The predicted octanol–water partition coefficient (Wildman–Crippen LogP) is 4.37. The molecule has 2 aromatic heterocycles.